The molecule has 0 bridgehead atoms. The van der Waals surface area contributed by atoms with E-state index < -0.39 is 0 Å². The Morgan fingerprint density at radius 2 is 0.575 bits per heavy atom. The summed E-state index contributed by atoms with van der Waals surface area (Å²) in [5, 5.41) is 57.6. The van der Waals surface area contributed by atoms with Crippen LogP contribution >= 0.6 is 0 Å². The molecule has 1 aliphatic heterocycles. The Balaban J connectivity index is 0. The fraction of sp³-hybridized carbons (Fsp3) is 1.00. The van der Waals surface area contributed by atoms with E-state index in [0.717, 1.165) is 117 Å². The lowest BCUT2D eigenvalue weighted by Crippen LogP contribution is -2.50. The van der Waals surface area contributed by atoms with E-state index in [1.54, 1.807) is 0 Å². The van der Waals surface area contributed by atoms with Crippen LogP contribution in [-0.4, -0.2) is 156 Å². The third-order valence-electron chi connectivity index (χ3n) is 16.7. The first-order valence-corrected chi connectivity index (χ1v) is 36.0. The van der Waals surface area contributed by atoms with E-state index in [-0.39, 0.29) is 30.5 Å². The number of nitrogens with zero attached hydrogens (tertiary/aromatic N) is 3. The van der Waals surface area contributed by atoms with Crippen LogP contribution < -0.4 is 10.6 Å². The van der Waals surface area contributed by atoms with Gasteiger partial charge in [0.2, 0.25) is 0 Å². The smallest absolute Gasteiger partial charge is 0.0667 e. The first-order valence-electron chi connectivity index (χ1n) is 36.0. The Morgan fingerprint density at radius 1 is 0.312 bits per heavy atom. The molecule has 0 aromatic carbocycles. The summed E-state index contributed by atoms with van der Waals surface area (Å²) in [6.07, 6.45) is 56.5. The molecule has 1 heterocycles. The molecule has 0 radical (unpaired) electrons. The number of hydrogen-bond acceptors (Lipinski definition) is 10. The van der Waals surface area contributed by atoms with E-state index in [2.05, 4.69) is 60.0 Å². The number of piperazine rings is 1. The third-order valence-corrected chi connectivity index (χ3v) is 16.7. The molecule has 0 saturated carbocycles. The van der Waals surface area contributed by atoms with E-state index in [1.807, 2.05) is 13.8 Å². The van der Waals surface area contributed by atoms with Crippen molar-refractivity contribution < 1.29 is 25.5 Å². The monoisotopic (exact) mass is 1140 g/mol. The van der Waals surface area contributed by atoms with Crippen molar-refractivity contribution in [2.45, 2.75) is 368 Å². The van der Waals surface area contributed by atoms with Crippen molar-refractivity contribution in [3.63, 3.8) is 0 Å². The van der Waals surface area contributed by atoms with E-state index in [1.165, 1.54) is 244 Å². The van der Waals surface area contributed by atoms with Crippen LogP contribution in [0.2, 0.25) is 0 Å². The summed E-state index contributed by atoms with van der Waals surface area (Å²) in [5.74, 6) is 0. The predicted molar refractivity (Wildman–Crippen MR) is 353 cm³/mol. The predicted octanol–water partition coefficient (Wildman–Crippen LogP) is 16.6. The minimum Gasteiger partial charge on any atom is -0.393 e. The van der Waals surface area contributed by atoms with Gasteiger partial charge in [0.05, 0.1) is 30.5 Å². The lowest BCUT2D eigenvalue weighted by molar-refractivity contribution is 0.0610. The van der Waals surface area contributed by atoms with Gasteiger partial charge in [-0.25, -0.2) is 0 Å². The van der Waals surface area contributed by atoms with Crippen molar-refractivity contribution in [3.8, 4) is 0 Å². The summed E-state index contributed by atoms with van der Waals surface area (Å²) in [6.45, 7) is 27.3. The van der Waals surface area contributed by atoms with Crippen LogP contribution in [0.1, 0.15) is 337 Å². The highest BCUT2D eigenvalue weighted by Gasteiger charge is 2.19. The van der Waals surface area contributed by atoms with Crippen LogP contribution in [0.25, 0.3) is 0 Å². The highest BCUT2D eigenvalue weighted by atomic mass is 16.3. The molecule has 0 amide bonds. The zero-order chi connectivity index (χ0) is 59.0. The van der Waals surface area contributed by atoms with Crippen molar-refractivity contribution >= 4 is 0 Å². The van der Waals surface area contributed by atoms with E-state index in [0.29, 0.717) is 13.1 Å². The molecule has 5 unspecified atom stereocenters. The van der Waals surface area contributed by atoms with Gasteiger partial charge in [-0.15, -0.1) is 0 Å². The maximum Gasteiger partial charge on any atom is 0.0667 e. The maximum absolute atomic E-state index is 10.9. The quantitative estimate of drug-likeness (QED) is 0.0295. The lowest BCUT2D eigenvalue weighted by Gasteiger charge is -2.35. The third kappa shape index (κ3) is 66.7. The lowest BCUT2D eigenvalue weighted by atomic mass is 10.0. The largest absolute Gasteiger partial charge is 0.393 e. The second-order valence-electron chi connectivity index (χ2n) is 25.4. The van der Waals surface area contributed by atoms with Crippen LogP contribution in [0.15, 0.2) is 0 Å². The van der Waals surface area contributed by atoms with Gasteiger partial charge in [0.15, 0.2) is 0 Å². The zero-order valence-corrected chi connectivity index (χ0v) is 55.5. The van der Waals surface area contributed by atoms with Crippen LogP contribution in [-0.2, 0) is 0 Å². The summed E-state index contributed by atoms with van der Waals surface area (Å²) < 4.78 is 0. The molecule has 1 fully saturated rings. The highest BCUT2D eigenvalue weighted by Crippen LogP contribution is 2.16. The van der Waals surface area contributed by atoms with E-state index in [9.17, 15) is 15.3 Å². The number of nitrogens with one attached hydrogen (secondary N) is 2. The number of aliphatic hydroxyl groups is 5. The van der Waals surface area contributed by atoms with Gasteiger partial charge in [-0.1, -0.05) is 291 Å². The van der Waals surface area contributed by atoms with Crippen molar-refractivity contribution in [3.05, 3.63) is 0 Å². The molecule has 1 aliphatic rings. The van der Waals surface area contributed by atoms with Gasteiger partial charge in [0.1, 0.15) is 0 Å². The van der Waals surface area contributed by atoms with Crippen molar-refractivity contribution in [1.29, 1.82) is 0 Å². The standard InChI is InChI=1S/C46H97N5O3.2C12H26O/c1-4-7-10-13-16-19-22-25-28-44(52)41-50-39-37-49(38-40-50)35-33-47-31-32-48-34-36-51(42-45(53)29-26-23-20-17-14-11-8-5-2)43-46(54)30-27-24-21-18-15-12-9-6-3;2*1-3-4-5-6-7-8-9-10-11-12(2)13/h44-48,52-54H,4-43H2,1-3H3;2*12-13H,3-11H2,1-2H3. The molecule has 1 rings (SSSR count). The summed E-state index contributed by atoms with van der Waals surface area (Å²) in [4.78, 5) is 7.31. The number of β-amino-alcohol motifs (C(OH)–C–C–N with tert-alkyl or cyclic N) is 1. The molecule has 0 aromatic heterocycles. The molecule has 80 heavy (non-hydrogen) atoms. The zero-order valence-electron chi connectivity index (χ0n) is 55.5. The van der Waals surface area contributed by atoms with Crippen molar-refractivity contribution in [1.82, 2.24) is 25.3 Å². The minimum absolute atomic E-state index is 0.0971. The fourth-order valence-electron chi connectivity index (χ4n) is 11.2. The van der Waals surface area contributed by atoms with Crippen LogP contribution in [0.4, 0.5) is 0 Å². The van der Waals surface area contributed by atoms with Crippen molar-refractivity contribution in [2.24, 2.45) is 0 Å². The second kappa shape index (κ2) is 67.7. The Bertz CT molecular complexity index is 1060. The minimum atomic E-state index is -0.311. The summed E-state index contributed by atoms with van der Waals surface area (Å²) >= 11 is 0. The Hall–Kier alpha value is -0.400. The molecule has 5 atom stereocenters. The molecular weight excluding hydrogens is 991 g/mol. The van der Waals surface area contributed by atoms with Crippen LogP contribution in [0.3, 0.4) is 0 Å². The number of hydrogen-bond donors (Lipinski definition) is 7. The number of rotatable bonds is 60. The average molecular weight is 1140 g/mol. The van der Waals surface area contributed by atoms with Gasteiger partial charge in [0.25, 0.3) is 0 Å². The summed E-state index contributed by atoms with van der Waals surface area (Å²) in [6, 6.07) is 0. The second-order valence-corrected chi connectivity index (χ2v) is 25.4. The molecule has 10 heteroatoms. The normalized spacial score (nSPS) is 15.1. The van der Waals surface area contributed by atoms with Gasteiger partial charge in [0, 0.05) is 85.1 Å². The fourth-order valence-corrected chi connectivity index (χ4v) is 11.2. The van der Waals surface area contributed by atoms with E-state index >= 15 is 0 Å². The Morgan fingerprint density at radius 3 is 0.887 bits per heavy atom. The topological polar surface area (TPSA) is 135 Å². The first kappa shape index (κ1) is 81.7. The van der Waals surface area contributed by atoms with Gasteiger partial charge in [-0.05, 0) is 46.0 Å². The Labute approximate surface area is 501 Å². The van der Waals surface area contributed by atoms with Gasteiger partial charge in [-0.2, -0.15) is 0 Å². The molecule has 0 aliphatic carbocycles. The van der Waals surface area contributed by atoms with Gasteiger partial charge in [-0.3, -0.25) is 14.7 Å². The van der Waals surface area contributed by atoms with Gasteiger partial charge < -0.3 is 36.2 Å². The molecule has 0 aromatic rings. The maximum atomic E-state index is 10.9. The van der Waals surface area contributed by atoms with Crippen LogP contribution in [0.5, 0.6) is 0 Å². The highest BCUT2D eigenvalue weighted by molar-refractivity contribution is 4.76. The van der Waals surface area contributed by atoms with Crippen molar-refractivity contribution in [2.75, 3.05) is 85.1 Å². The molecule has 484 valence electrons. The molecule has 1 saturated heterocycles. The van der Waals surface area contributed by atoms with Crippen LogP contribution in [0, 0.1) is 0 Å². The molecular formula is C70H149N5O5. The number of aliphatic hydroxyl groups excluding tert-OH is 5. The SMILES string of the molecule is CCCCCCCCCCC(C)O.CCCCCCCCCCC(C)O.CCCCCCCCCCC(O)CN1CCN(CCNCCNCCN(CC(O)CCCCCCCCCC)CC(O)CCCCCCCCCC)CC1. The molecule has 10 nitrogen and oxygen atoms in total. The van der Waals surface area contributed by atoms with Gasteiger partial charge >= 0.3 is 0 Å². The first-order chi connectivity index (χ1) is 39.0. The summed E-state index contributed by atoms with van der Waals surface area (Å²) in [5.41, 5.74) is 0. The average Bonchev–Trinajstić information content (AvgIpc) is 3.43. The van der Waals surface area contributed by atoms with E-state index in [4.69, 9.17) is 10.2 Å². The summed E-state index contributed by atoms with van der Waals surface area (Å²) in [7, 11) is 0. The molecule has 7 N–H and O–H groups in total. The number of unbranched alkanes of at least 4 members (excludes halogenated alkanes) is 35. The molecule has 0 spiro atoms. The Kier molecular flexibility index (Phi) is 69.1.